The van der Waals surface area contributed by atoms with Gasteiger partial charge in [-0.2, -0.15) is 0 Å². The van der Waals surface area contributed by atoms with E-state index >= 15 is 0 Å². The van der Waals surface area contributed by atoms with E-state index < -0.39 is 5.97 Å². The third-order valence-corrected chi connectivity index (χ3v) is 3.25. The monoisotopic (exact) mass is 291 g/mol. The molecule has 1 heterocycles. The molecule has 0 radical (unpaired) electrons. The highest BCUT2D eigenvalue weighted by molar-refractivity contribution is 6.13. The molecule has 1 aliphatic heterocycles. The molecule has 0 spiro atoms. The van der Waals surface area contributed by atoms with Crippen LogP contribution in [-0.2, 0) is 14.4 Å². The molecule has 0 fully saturated rings. The third kappa shape index (κ3) is 4.03. The van der Waals surface area contributed by atoms with E-state index in [2.05, 4.69) is 10.6 Å². The smallest absolute Gasteiger partial charge is 0.303 e. The molecule has 112 valence electrons. The number of nitrogens with one attached hydrogen (secondary N) is 2. The summed E-state index contributed by atoms with van der Waals surface area (Å²) in [5, 5.41) is 13.9. The van der Waals surface area contributed by atoms with Crippen LogP contribution in [0, 0.1) is 0 Å². The van der Waals surface area contributed by atoms with E-state index in [9.17, 15) is 14.4 Å². The molecular weight excluding hydrogens is 274 g/mol. The van der Waals surface area contributed by atoms with Crippen molar-refractivity contribution in [3.8, 4) is 0 Å². The number of carbonyl (C=O) groups is 3. The first-order valence-corrected chi connectivity index (χ1v) is 6.66. The van der Waals surface area contributed by atoms with Gasteiger partial charge in [0.15, 0.2) is 0 Å². The summed E-state index contributed by atoms with van der Waals surface area (Å²) in [5.41, 5.74) is 7.86. The zero-order valence-electron chi connectivity index (χ0n) is 11.4. The van der Waals surface area contributed by atoms with Crippen LogP contribution < -0.4 is 16.4 Å². The van der Waals surface area contributed by atoms with Gasteiger partial charge in [0.05, 0.1) is 11.4 Å². The number of benzene rings is 1. The van der Waals surface area contributed by atoms with E-state index in [1.807, 2.05) is 0 Å². The average molecular weight is 291 g/mol. The van der Waals surface area contributed by atoms with Gasteiger partial charge in [0.1, 0.15) is 6.42 Å². The maximum absolute atomic E-state index is 11.5. The largest absolute Gasteiger partial charge is 0.481 e. The topological polar surface area (TPSA) is 122 Å². The quantitative estimate of drug-likeness (QED) is 0.608. The second kappa shape index (κ2) is 6.36. The number of carboxylic acids is 1. The minimum atomic E-state index is -0.848. The number of amides is 2. The normalized spacial score (nSPS) is 15.5. The number of aliphatic carboxylic acids is 1. The van der Waals surface area contributed by atoms with Crippen LogP contribution in [0.15, 0.2) is 18.2 Å². The van der Waals surface area contributed by atoms with Gasteiger partial charge in [-0.3, -0.25) is 14.4 Å². The number of fused-ring (bicyclic) bond motifs is 1. The number of hydrogen-bond donors (Lipinski definition) is 4. The summed E-state index contributed by atoms with van der Waals surface area (Å²) < 4.78 is 0. The van der Waals surface area contributed by atoms with Gasteiger partial charge < -0.3 is 21.5 Å². The molecule has 1 unspecified atom stereocenters. The fraction of sp³-hybridized carbons (Fsp3) is 0.357. The summed E-state index contributed by atoms with van der Waals surface area (Å²) in [6.07, 6.45) is 0.877. The van der Waals surface area contributed by atoms with E-state index in [1.165, 1.54) is 0 Å². The average Bonchev–Trinajstić information content (AvgIpc) is 2.53. The molecule has 0 saturated heterocycles. The highest BCUT2D eigenvalue weighted by Crippen LogP contribution is 2.29. The van der Waals surface area contributed by atoms with Crippen LogP contribution in [0.3, 0.4) is 0 Å². The van der Waals surface area contributed by atoms with Gasteiger partial charge in [-0.15, -0.1) is 0 Å². The van der Waals surface area contributed by atoms with Crippen LogP contribution in [0.5, 0.6) is 0 Å². The lowest BCUT2D eigenvalue weighted by Gasteiger charge is -2.14. The SMILES string of the molecule is NC(CCCC(=O)O)c1ccc2c(c1)NC(=O)CC(=O)N2. The first kappa shape index (κ1) is 15.0. The molecule has 1 aromatic rings. The Hall–Kier alpha value is -2.41. The molecule has 0 aromatic heterocycles. The number of rotatable bonds is 5. The Morgan fingerprint density at radius 1 is 1.24 bits per heavy atom. The fourth-order valence-electron chi connectivity index (χ4n) is 2.18. The molecule has 5 N–H and O–H groups in total. The summed E-state index contributed by atoms with van der Waals surface area (Å²) >= 11 is 0. The Bertz CT molecular complexity index is 586. The van der Waals surface area contributed by atoms with Crippen LogP contribution in [0.25, 0.3) is 0 Å². The first-order valence-electron chi connectivity index (χ1n) is 6.66. The lowest BCUT2D eigenvalue weighted by atomic mass is 10.0. The van der Waals surface area contributed by atoms with E-state index in [0.717, 1.165) is 5.56 Å². The summed E-state index contributed by atoms with van der Waals surface area (Å²) in [6.45, 7) is 0. The number of nitrogens with two attached hydrogens (primary N) is 1. The van der Waals surface area contributed by atoms with Crippen molar-refractivity contribution >= 4 is 29.2 Å². The van der Waals surface area contributed by atoms with E-state index in [0.29, 0.717) is 24.2 Å². The number of carboxylic acid groups (broad SMARTS) is 1. The van der Waals surface area contributed by atoms with Gasteiger partial charge in [-0.05, 0) is 30.5 Å². The van der Waals surface area contributed by atoms with Crippen molar-refractivity contribution in [3.05, 3.63) is 23.8 Å². The van der Waals surface area contributed by atoms with Gasteiger partial charge in [0, 0.05) is 12.5 Å². The molecule has 1 atom stereocenters. The molecule has 0 bridgehead atoms. The predicted molar refractivity (Wildman–Crippen MR) is 76.7 cm³/mol. The van der Waals surface area contributed by atoms with Gasteiger partial charge in [-0.1, -0.05) is 6.07 Å². The predicted octanol–water partition coefficient (Wildman–Crippen LogP) is 1.22. The Morgan fingerprint density at radius 3 is 2.57 bits per heavy atom. The van der Waals surface area contributed by atoms with Gasteiger partial charge in [0.2, 0.25) is 11.8 Å². The number of hydrogen-bond acceptors (Lipinski definition) is 4. The van der Waals surface area contributed by atoms with E-state index in [1.54, 1.807) is 18.2 Å². The van der Waals surface area contributed by atoms with Crippen molar-refractivity contribution in [2.45, 2.75) is 31.7 Å². The Kier molecular flexibility index (Phi) is 4.54. The summed E-state index contributed by atoms with van der Waals surface area (Å²) in [6, 6.07) is 4.85. The molecule has 2 amide bonds. The Morgan fingerprint density at radius 2 is 1.90 bits per heavy atom. The second-order valence-electron chi connectivity index (χ2n) is 4.97. The van der Waals surface area contributed by atoms with Gasteiger partial charge in [0.25, 0.3) is 0 Å². The fourth-order valence-corrected chi connectivity index (χ4v) is 2.18. The van der Waals surface area contributed by atoms with Crippen LogP contribution in [0.2, 0.25) is 0 Å². The minimum absolute atomic E-state index is 0.0748. The zero-order chi connectivity index (χ0) is 15.4. The second-order valence-corrected chi connectivity index (χ2v) is 4.97. The van der Waals surface area contributed by atoms with Crippen molar-refractivity contribution in [1.82, 2.24) is 0 Å². The maximum Gasteiger partial charge on any atom is 0.303 e. The molecule has 0 saturated carbocycles. The molecule has 1 aliphatic rings. The standard InChI is InChI=1S/C14H17N3O4/c15-9(2-1-3-14(20)21)8-4-5-10-11(6-8)17-13(19)7-12(18)16-10/h4-6,9H,1-3,7,15H2,(H,16,18)(H,17,19)(H,20,21). The Balaban J connectivity index is 2.11. The van der Waals surface area contributed by atoms with Crippen molar-refractivity contribution in [3.63, 3.8) is 0 Å². The zero-order valence-corrected chi connectivity index (χ0v) is 11.4. The van der Waals surface area contributed by atoms with Gasteiger partial charge >= 0.3 is 5.97 Å². The van der Waals surface area contributed by atoms with Crippen molar-refractivity contribution < 1.29 is 19.5 Å². The molecule has 7 heteroatoms. The highest BCUT2D eigenvalue weighted by atomic mass is 16.4. The van der Waals surface area contributed by atoms with E-state index in [-0.39, 0.29) is 30.7 Å². The van der Waals surface area contributed by atoms with Crippen molar-refractivity contribution in [2.75, 3.05) is 10.6 Å². The summed E-state index contributed by atoms with van der Waals surface area (Å²) in [5.74, 6) is -1.58. The van der Waals surface area contributed by atoms with Crippen LogP contribution >= 0.6 is 0 Å². The van der Waals surface area contributed by atoms with Gasteiger partial charge in [-0.25, -0.2) is 0 Å². The molecule has 1 aromatic carbocycles. The first-order chi connectivity index (χ1) is 9.95. The Labute approximate surface area is 121 Å². The lowest BCUT2D eigenvalue weighted by molar-refractivity contribution is -0.137. The molecular formula is C14H17N3O4. The lowest BCUT2D eigenvalue weighted by Crippen LogP contribution is -2.16. The third-order valence-electron chi connectivity index (χ3n) is 3.25. The van der Waals surface area contributed by atoms with Crippen molar-refractivity contribution in [1.29, 1.82) is 0 Å². The number of anilines is 2. The molecule has 21 heavy (non-hydrogen) atoms. The van der Waals surface area contributed by atoms with Crippen LogP contribution in [0.4, 0.5) is 11.4 Å². The molecule has 0 aliphatic carbocycles. The highest BCUT2D eigenvalue weighted by Gasteiger charge is 2.19. The van der Waals surface area contributed by atoms with Crippen LogP contribution in [-0.4, -0.2) is 22.9 Å². The van der Waals surface area contributed by atoms with Crippen LogP contribution in [0.1, 0.15) is 37.3 Å². The molecule has 7 nitrogen and oxygen atoms in total. The molecule has 2 rings (SSSR count). The maximum atomic E-state index is 11.5. The number of carbonyl (C=O) groups excluding carboxylic acids is 2. The van der Waals surface area contributed by atoms with Crippen molar-refractivity contribution in [2.24, 2.45) is 5.73 Å². The minimum Gasteiger partial charge on any atom is -0.481 e. The summed E-state index contributed by atoms with van der Waals surface area (Å²) in [7, 11) is 0. The summed E-state index contributed by atoms with van der Waals surface area (Å²) in [4.78, 5) is 33.4. The van der Waals surface area contributed by atoms with E-state index in [4.69, 9.17) is 10.8 Å².